The van der Waals surface area contributed by atoms with Crippen LogP contribution >= 0.6 is 0 Å². The molecule has 0 radical (unpaired) electrons. The van der Waals surface area contributed by atoms with E-state index in [-0.39, 0.29) is 41.2 Å². The third kappa shape index (κ3) is 2.57. The Labute approximate surface area is 163 Å². The number of methoxy groups -OCH3 is 2. The minimum atomic E-state index is -0.388. The fourth-order valence-electron chi connectivity index (χ4n) is 8.16. The van der Waals surface area contributed by atoms with Crippen molar-refractivity contribution >= 4 is 5.97 Å². The molecule has 5 aliphatic carbocycles. The number of ether oxygens (including phenoxy) is 3. The zero-order valence-electron chi connectivity index (χ0n) is 17.3. The van der Waals surface area contributed by atoms with Crippen LogP contribution in [0.15, 0.2) is 0 Å². The van der Waals surface area contributed by atoms with Crippen molar-refractivity contribution in [3.63, 3.8) is 0 Å². The van der Waals surface area contributed by atoms with Crippen LogP contribution < -0.4 is 0 Å². The minimum Gasteiger partial charge on any atom is -0.469 e. The van der Waals surface area contributed by atoms with E-state index in [1.165, 1.54) is 7.11 Å². The number of hydrogen-bond donors (Lipinski definition) is 1. The second-order valence-corrected chi connectivity index (χ2v) is 10.2. The molecule has 0 aromatic carbocycles. The highest BCUT2D eigenvalue weighted by molar-refractivity contribution is 5.77. The highest BCUT2D eigenvalue weighted by Crippen LogP contribution is 2.71. The molecule has 1 N–H and O–H groups in total. The maximum absolute atomic E-state index is 12.8. The summed E-state index contributed by atoms with van der Waals surface area (Å²) >= 11 is 0. The SMILES string of the molecule is COCO[C@@H]1[C@H](O)[C@H]2CC[C@@]13CC[C@H]1[C@@](C)(CCC[C@@]1(C)C(=O)OC)[C@@H]3C2. The van der Waals surface area contributed by atoms with Crippen molar-refractivity contribution in [2.45, 2.75) is 77.4 Å². The first kappa shape index (κ1) is 19.7. The standard InChI is InChI=1S/C22H36O5/c1-20-8-5-9-21(2,19(24)26-4)15(20)7-11-22-10-6-14(12-16(20)22)17(23)18(22)27-13-25-3/h14-18,23H,5-13H2,1-4H3/t14-,15-,16-,17+,18+,20+,21+,22-/m0/s1. The van der Waals surface area contributed by atoms with E-state index in [1.807, 2.05) is 0 Å². The molecule has 27 heavy (non-hydrogen) atoms. The van der Waals surface area contributed by atoms with Gasteiger partial charge in [0.1, 0.15) is 6.79 Å². The Bertz CT molecular complexity index is 593. The topological polar surface area (TPSA) is 65.0 Å². The van der Waals surface area contributed by atoms with Crippen molar-refractivity contribution in [3.05, 3.63) is 0 Å². The molecule has 0 aromatic rings. The number of carbonyl (C=O) groups is 1. The van der Waals surface area contributed by atoms with E-state index < -0.39 is 0 Å². The van der Waals surface area contributed by atoms with Gasteiger partial charge >= 0.3 is 5.97 Å². The lowest BCUT2D eigenvalue weighted by atomic mass is 9.36. The fourth-order valence-corrected chi connectivity index (χ4v) is 8.16. The average Bonchev–Trinajstić information content (AvgIpc) is 2.66. The van der Waals surface area contributed by atoms with Crippen molar-refractivity contribution in [2.75, 3.05) is 21.0 Å². The summed E-state index contributed by atoms with van der Waals surface area (Å²) in [5, 5.41) is 11.0. The van der Waals surface area contributed by atoms with E-state index in [1.54, 1.807) is 7.11 Å². The number of aliphatic hydroxyl groups excluding tert-OH is 1. The lowest BCUT2D eigenvalue weighted by molar-refractivity contribution is -0.281. The Morgan fingerprint density at radius 2 is 1.81 bits per heavy atom. The van der Waals surface area contributed by atoms with Crippen LogP contribution in [0.3, 0.4) is 0 Å². The van der Waals surface area contributed by atoms with Crippen LogP contribution in [0.2, 0.25) is 0 Å². The van der Waals surface area contributed by atoms with Crippen LogP contribution in [-0.4, -0.2) is 44.3 Å². The van der Waals surface area contributed by atoms with E-state index >= 15 is 0 Å². The third-order valence-corrected chi connectivity index (χ3v) is 9.26. The van der Waals surface area contributed by atoms with Crippen LogP contribution in [0.25, 0.3) is 0 Å². The lowest BCUT2D eigenvalue weighted by Gasteiger charge is -2.69. The smallest absolute Gasteiger partial charge is 0.311 e. The van der Waals surface area contributed by atoms with E-state index in [4.69, 9.17) is 14.2 Å². The highest BCUT2D eigenvalue weighted by atomic mass is 16.7. The van der Waals surface area contributed by atoms with Gasteiger partial charge in [0.05, 0.1) is 24.7 Å². The quantitative estimate of drug-likeness (QED) is 0.597. The first-order chi connectivity index (χ1) is 12.8. The normalized spacial score (nSPS) is 51.4. The summed E-state index contributed by atoms with van der Waals surface area (Å²) in [7, 11) is 3.17. The van der Waals surface area contributed by atoms with Gasteiger partial charge in [-0.25, -0.2) is 0 Å². The molecule has 0 heterocycles. The lowest BCUT2D eigenvalue weighted by Crippen LogP contribution is -2.68. The Morgan fingerprint density at radius 1 is 1.07 bits per heavy atom. The van der Waals surface area contributed by atoms with Gasteiger partial charge in [0.15, 0.2) is 0 Å². The highest BCUT2D eigenvalue weighted by Gasteiger charge is 2.69. The molecular weight excluding hydrogens is 344 g/mol. The largest absolute Gasteiger partial charge is 0.469 e. The number of carbonyl (C=O) groups excluding carboxylic acids is 1. The Balaban J connectivity index is 1.71. The maximum atomic E-state index is 12.8. The molecule has 0 aliphatic heterocycles. The zero-order valence-corrected chi connectivity index (χ0v) is 17.3. The zero-order chi connectivity index (χ0) is 19.4. The molecule has 0 unspecified atom stereocenters. The first-order valence-electron chi connectivity index (χ1n) is 10.7. The van der Waals surface area contributed by atoms with E-state index in [0.29, 0.717) is 17.8 Å². The van der Waals surface area contributed by atoms with Gasteiger partial charge in [0.2, 0.25) is 0 Å². The summed E-state index contributed by atoms with van der Waals surface area (Å²) in [5.74, 6) is 1.11. The number of aliphatic hydroxyl groups is 1. The van der Waals surface area contributed by atoms with Crippen molar-refractivity contribution in [1.82, 2.24) is 0 Å². The van der Waals surface area contributed by atoms with Gasteiger partial charge in [0, 0.05) is 12.5 Å². The van der Waals surface area contributed by atoms with Crippen molar-refractivity contribution in [3.8, 4) is 0 Å². The van der Waals surface area contributed by atoms with Gasteiger partial charge in [-0.3, -0.25) is 4.79 Å². The van der Waals surface area contributed by atoms with Crippen molar-refractivity contribution in [1.29, 1.82) is 0 Å². The Morgan fingerprint density at radius 3 is 2.52 bits per heavy atom. The molecule has 1 spiro atoms. The monoisotopic (exact) mass is 380 g/mol. The van der Waals surface area contributed by atoms with Gasteiger partial charge < -0.3 is 19.3 Å². The second kappa shape index (κ2) is 6.70. The third-order valence-electron chi connectivity index (χ3n) is 9.26. The summed E-state index contributed by atoms with van der Waals surface area (Å²) in [4.78, 5) is 12.8. The average molecular weight is 381 g/mol. The molecule has 5 fully saturated rings. The predicted molar refractivity (Wildman–Crippen MR) is 101 cm³/mol. The minimum absolute atomic E-state index is 0.0202. The number of fused-ring (bicyclic) bond motifs is 3. The van der Waals surface area contributed by atoms with Gasteiger partial charge in [0.25, 0.3) is 0 Å². The molecule has 2 bridgehead atoms. The molecule has 5 aliphatic rings. The van der Waals surface area contributed by atoms with Crippen LogP contribution in [0.1, 0.15) is 65.2 Å². The summed E-state index contributed by atoms with van der Waals surface area (Å²) in [6, 6.07) is 0. The molecule has 8 atom stereocenters. The first-order valence-corrected chi connectivity index (χ1v) is 10.7. The summed E-state index contributed by atoms with van der Waals surface area (Å²) in [5.41, 5.74) is -0.263. The summed E-state index contributed by atoms with van der Waals surface area (Å²) in [6.07, 6.45) is 7.97. The number of esters is 1. The van der Waals surface area contributed by atoms with Crippen LogP contribution in [-0.2, 0) is 19.0 Å². The van der Waals surface area contributed by atoms with E-state index in [2.05, 4.69) is 13.8 Å². The number of hydrogen-bond acceptors (Lipinski definition) is 5. The molecule has 5 rings (SSSR count). The van der Waals surface area contributed by atoms with Gasteiger partial charge in [-0.05, 0) is 75.0 Å². The predicted octanol–water partition coefficient (Wildman–Crippen LogP) is 3.53. The molecule has 154 valence electrons. The molecule has 5 nitrogen and oxygen atoms in total. The molecule has 0 aromatic heterocycles. The van der Waals surface area contributed by atoms with E-state index in [0.717, 1.165) is 51.4 Å². The van der Waals surface area contributed by atoms with Crippen LogP contribution in [0, 0.1) is 34.0 Å². The molecule has 0 saturated heterocycles. The van der Waals surface area contributed by atoms with E-state index in [9.17, 15) is 9.90 Å². The Hall–Kier alpha value is -0.650. The van der Waals surface area contributed by atoms with Crippen LogP contribution in [0.5, 0.6) is 0 Å². The molecule has 0 amide bonds. The molecule has 5 heteroatoms. The maximum Gasteiger partial charge on any atom is 0.311 e. The number of rotatable bonds is 4. The van der Waals surface area contributed by atoms with Gasteiger partial charge in [-0.2, -0.15) is 0 Å². The molecule has 5 saturated carbocycles. The second-order valence-electron chi connectivity index (χ2n) is 10.2. The summed E-state index contributed by atoms with van der Waals surface area (Å²) in [6.45, 7) is 4.79. The van der Waals surface area contributed by atoms with Gasteiger partial charge in [-0.1, -0.05) is 13.3 Å². The summed E-state index contributed by atoms with van der Waals surface area (Å²) < 4.78 is 16.6. The molecular formula is C22H36O5. The van der Waals surface area contributed by atoms with Crippen molar-refractivity contribution < 1.29 is 24.1 Å². The van der Waals surface area contributed by atoms with Gasteiger partial charge in [-0.15, -0.1) is 0 Å². The fraction of sp³-hybridized carbons (Fsp3) is 0.955. The Kier molecular flexibility index (Phi) is 4.88. The van der Waals surface area contributed by atoms with Crippen molar-refractivity contribution in [2.24, 2.45) is 34.0 Å². The van der Waals surface area contributed by atoms with Crippen LogP contribution in [0.4, 0.5) is 0 Å².